The van der Waals surface area contributed by atoms with E-state index in [1.807, 2.05) is 36.1 Å². The molecule has 1 atom stereocenters. The molecule has 0 spiro atoms. The number of aryl methyl sites for hydroxylation is 2. The van der Waals surface area contributed by atoms with E-state index in [9.17, 15) is 4.79 Å². The van der Waals surface area contributed by atoms with Gasteiger partial charge in [0, 0.05) is 43.8 Å². The number of rotatable bonds is 5. The lowest BCUT2D eigenvalue weighted by Gasteiger charge is -2.16. The monoisotopic (exact) mass is 363 g/mol. The topological polar surface area (TPSA) is 85.0 Å². The molecule has 4 rings (SSSR count). The van der Waals surface area contributed by atoms with Crippen molar-refractivity contribution in [2.75, 3.05) is 13.1 Å². The van der Waals surface area contributed by atoms with E-state index in [1.54, 1.807) is 18.6 Å². The minimum Gasteiger partial charge on any atom is -0.338 e. The van der Waals surface area contributed by atoms with Gasteiger partial charge in [0.2, 0.25) is 0 Å². The zero-order valence-corrected chi connectivity index (χ0v) is 15.2. The molecule has 27 heavy (non-hydrogen) atoms. The molecule has 1 unspecified atom stereocenters. The van der Waals surface area contributed by atoms with Gasteiger partial charge in [-0.25, -0.2) is 0 Å². The predicted molar refractivity (Wildman–Crippen MR) is 98.8 cm³/mol. The second-order valence-corrected chi connectivity index (χ2v) is 6.89. The molecule has 1 aliphatic rings. The second kappa shape index (κ2) is 7.65. The molecule has 7 nitrogen and oxygen atoms in total. The molecule has 1 amide bonds. The third kappa shape index (κ3) is 4.02. The van der Waals surface area contributed by atoms with Crippen molar-refractivity contribution in [3.05, 3.63) is 59.9 Å². The summed E-state index contributed by atoms with van der Waals surface area (Å²) in [6.45, 7) is 3.46. The number of likely N-dealkylation sites (tertiary alicyclic amines) is 1. The average molecular weight is 363 g/mol. The Bertz CT molecular complexity index is 908. The van der Waals surface area contributed by atoms with Gasteiger partial charge < -0.3 is 9.42 Å². The quantitative estimate of drug-likeness (QED) is 0.693. The molecule has 0 radical (unpaired) electrons. The summed E-state index contributed by atoms with van der Waals surface area (Å²) < 4.78 is 5.32. The summed E-state index contributed by atoms with van der Waals surface area (Å²) >= 11 is 0. The highest BCUT2D eigenvalue weighted by Crippen LogP contribution is 2.23. The molecule has 0 saturated carbocycles. The van der Waals surface area contributed by atoms with Crippen LogP contribution in [0.3, 0.4) is 0 Å². The highest BCUT2D eigenvalue weighted by molar-refractivity contribution is 5.94. The number of pyridine rings is 2. The van der Waals surface area contributed by atoms with Crippen molar-refractivity contribution < 1.29 is 9.32 Å². The normalized spacial score (nSPS) is 16.6. The summed E-state index contributed by atoms with van der Waals surface area (Å²) in [4.78, 5) is 27.2. The molecule has 7 heteroatoms. The van der Waals surface area contributed by atoms with Gasteiger partial charge in [0.25, 0.3) is 11.8 Å². The summed E-state index contributed by atoms with van der Waals surface area (Å²) in [7, 11) is 0. The molecule has 0 N–H and O–H groups in total. The highest BCUT2D eigenvalue weighted by atomic mass is 16.5. The van der Waals surface area contributed by atoms with Gasteiger partial charge in [-0.2, -0.15) is 4.98 Å². The Kier molecular flexibility index (Phi) is 4.91. The molecule has 3 aromatic heterocycles. The summed E-state index contributed by atoms with van der Waals surface area (Å²) in [6, 6.07) is 7.45. The third-order valence-electron chi connectivity index (χ3n) is 4.88. The lowest BCUT2D eigenvalue weighted by atomic mass is 10.0. The Morgan fingerprint density at radius 2 is 2.22 bits per heavy atom. The van der Waals surface area contributed by atoms with E-state index in [0.29, 0.717) is 23.2 Å². The van der Waals surface area contributed by atoms with Crippen molar-refractivity contribution in [2.45, 2.75) is 26.2 Å². The minimum absolute atomic E-state index is 0.0587. The first-order valence-electron chi connectivity index (χ1n) is 9.14. The van der Waals surface area contributed by atoms with Crippen LogP contribution >= 0.6 is 0 Å². The fourth-order valence-corrected chi connectivity index (χ4v) is 3.32. The van der Waals surface area contributed by atoms with E-state index in [-0.39, 0.29) is 5.91 Å². The second-order valence-electron chi connectivity index (χ2n) is 6.89. The summed E-state index contributed by atoms with van der Waals surface area (Å²) in [5.41, 5.74) is 2.39. The molecule has 0 aliphatic carbocycles. The Morgan fingerprint density at radius 1 is 1.30 bits per heavy atom. The molecular formula is C20H21N5O2. The van der Waals surface area contributed by atoms with Crippen molar-refractivity contribution in [1.82, 2.24) is 25.0 Å². The molecule has 138 valence electrons. The average Bonchev–Trinajstić information content (AvgIpc) is 3.37. The number of aromatic nitrogens is 4. The Balaban J connectivity index is 1.31. The van der Waals surface area contributed by atoms with E-state index in [1.165, 1.54) is 0 Å². The van der Waals surface area contributed by atoms with E-state index < -0.39 is 0 Å². The zero-order chi connectivity index (χ0) is 18.6. The molecular weight excluding hydrogens is 342 g/mol. The fourth-order valence-electron chi connectivity index (χ4n) is 3.32. The summed E-state index contributed by atoms with van der Waals surface area (Å²) in [6.07, 6.45) is 7.74. The summed E-state index contributed by atoms with van der Waals surface area (Å²) in [5, 5.41) is 4.06. The number of hydrogen-bond acceptors (Lipinski definition) is 6. The first kappa shape index (κ1) is 17.3. The molecule has 1 saturated heterocycles. The van der Waals surface area contributed by atoms with E-state index in [0.717, 1.165) is 43.6 Å². The smallest absolute Gasteiger partial charge is 0.259 e. The Labute approximate surface area is 157 Å². The van der Waals surface area contributed by atoms with Crippen LogP contribution in [0.25, 0.3) is 11.5 Å². The van der Waals surface area contributed by atoms with Crippen molar-refractivity contribution in [2.24, 2.45) is 5.92 Å². The van der Waals surface area contributed by atoms with Crippen LogP contribution < -0.4 is 0 Å². The maximum atomic E-state index is 12.6. The van der Waals surface area contributed by atoms with Crippen molar-refractivity contribution in [3.8, 4) is 11.5 Å². The number of carbonyl (C=O) groups is 1. The van der Waals surface area contributed by atoms with Gasteiger partial charge >= 0.3 is 0 Å². The number of amides is 1. The molecule has 1 aliphatic heterocycles. The number of nitrogens with zero attached hydrogens (tertiary/aromatic N) is 5. The molecule has 4 heterocycles. The van der Waals surface area contributed by atoms with E-state index >= 15 is 0 Å². The van der Waals surface area contributed by atoms with Gasteiger partial charge in [-0.05, 0) is 49.9 Å². The SMILES string of the molecule is Cc1ccc(C(=O)N2CCC(CCc3noc(-c4cccnc4)n3)C2)cn1. The van der Waals surface area contributed by atoms with Crippen LogP contribution in [0.1, 0.15) is 34.7 Å². The Hall–Kier alpha value is -3.09. The van der Waals surface area contributed by atoms with E-state index in [4.69, 9.17) is 4.52 Å². The van der Waals surface area contributed by atoms with E-state index in [2.05, 4.69) is 20.1 Å². The van der Waals surface area contributed by atoms with Crippen LogP contribution in [0, 0.1) is 12.8 Å². The Morgan fingerprint density at radius 3 is 3.00 bits per heavy atom. The van der Waals surface area contributed by atoms with Gasteiger partial charge in [-0.15, -0.1) is 0 Å². The predicted octanol–water partition coefficient (Wildman–Crippen LogP) is 2.93. The summed E-state index contributed by atoms with van der Waals surface area (Å²) in [5.74, 6) is 1.70. The fraction of sp³-hybridized carbons (Fsp3) is 0.350. The van der Waals surface area contributed by atoms with Gasteiger partial charge in [-0.3, -0.25) is 14.8 Å². The van der Waals surface area contributed by atoms with Gasteiger partial charge in [-0.1, -0.05) is 5.16 Å². The third-order valence-corrected chi connectivity index (χ3v) is 4.88. The zero-order valence-electron chi connectivity index (χ0n) is 15.2. The maximum absolute atomic E-state index is 12.6. The number of carbonyl (C=O) groups excluding carboxylic acids is 1. The van der Waals surface area contributed by atoms with Gasteiger partial charge in [0.05, 0.1) is 11.1 Å². The standard InChI is InChI=1S/C20H21N5O2/c1-14-4-6-17(12-22-14)20(26)25-10-8-15(13-25)5-7-18-23-19(27-24-18)16-3-2-9-21-11-16/h2-4,6,9,11-12,15H,5,7-8,10,13H2,1H3. The largest absolute Gasteiger partial charge is 0.338 e. The van der Waals surface area contributed by atoms with Gasteiger partial charge in [0.1, 0.15) is 0 Å². The molecule has 1 fully saturated rings. The molecule has 3 aromatic rings. The minimum atomic E-state index is 0.0587. The van der Waals surface area contributed by atoms with Crippen LogP contribution in [0.5, 0.6) is 0 Å². The van der Waals surface area contributed by atoms with Crippen molar-refractivity contribution in [3.63, 3.8) is 0 Å². The van der Waals surface area contributed by atoms with Crippen LogP contribution in [0.15, 0.2) is 47.4 Å². The lowest BCUT2D eigenvalue weighted by molar-refractivity contribution is 0.0786. The van der Waals surface area contributed by atoms with Crippen LogP contribution in [-0.4, -0.2) is 44.0 Å². The lowest BCUT2D eigenvalue weighted by Crippen LogP contribution is -2.28. The molecule has 0 aromatic carbocycles. The first-order chi connectivity index (χ1) is 13.2. The van der Waals surface area contributed by atoms with Gasteiger partial charge in [0.15, 0.2) is 5.82 Å². The van der Waals surface area contributed by atoms with Crippen LogP contribution in [0.4, 0.5) is 0 Å². The first-order valence-corrected chi connectivity index (χ1v) is 9.14. The molecule has 0 bridgehead atoms. The maximum Gasteiger partial charge on any atom is 0.259 e. The van der Waals surface area contributed by atoms with Crippen LogP contribution in [0.2, 0.25) is 0 Å². The number of hydrogen-bond donors (Lipinski definition) is 0. The van der Waals surface area contributed by atoms with Crippen molar-refractivity contribution >= 4 is 5.91 Å². The highest BCUT2D eigenvalue weighted by Gasteiger charge is 2.27. The van der Waals surface area contributed by atoms with Crippen molar-refractivity contribution in [1.29, 1.82) is 0 Å². The van der Waals surface area contributed by atoms with Crippen LogP contribution in [-0.2, 0) is 6.42 Å².